The molecule has 0 spiro atoms. The molecular weight excluding hydrogens is 530 g/mol. The molecule has 0 bridgehead atoms. The van der Waals surface area contributed by atoms with Gasteiger partial charge in [0.1, 0.15) is 0 Å². The summed E-state index contributed by atoms with van der Waals surface area (Å²) in [7, 11) is 0. The van der Waals surface area contributed by atoms with Crippen molar-refractivity contribution in [3.05, 3.63) is 160 Å². The Hall–Kier alpha value is -4.36. The second kappa shape index (κ2) is 11.3. The van der Waals surface area contributed by atoms with Gasteiger partial charge < -0.3 is 4.90 Å². The molecular formula is C43H45N. The molecule has 1 heterocycles. The maximum absolute atomic E-state index is 4.65. The first-order chi connectivity index (χ1) is 21.0. The SMILES string of the molecule is C=C1/C=C(\C)C(C)(C)c2ccccc2/C(=C/C2=C(CC)C(C)(C)c3ccccc32)CN1c1ccc(-c2ccc(C)cc2)cc1. The molecule has 0 N–H and O–H groups in total. The smallest absolute Gasteiger partial charge is 0.0487 e. The van der Waals surface area contributed by atoms with E-state index in [1.807, 2.05) is 0 Å². The van der Waals surface area contributed by atoms with Crippen LogP contribution in [0.1, 0.15) is 75.8 Å². The molecule has 44 heavy (non-hydrogen) atoms. The van der Waals surface area contributed by atoms with E-state index in [0.29, 0.717) is 0 Å². The van der Waals surface area contributed by atoms with Crippen molar-refractivity contribution in [3.8, 4) is 11.1 Å². The first-order valence-electron chi connectivity index (χ1n) is 16.0. The molecule has 0 radical (unpaired) electrons. The summed E-state index contributed by atoms with van der Waals surface area (Å²) in [6, 6.07) is 35.8. The van der Waals surface area contributed by atoms with Gasteiger partial charge in [0.25, 0.3) is 0 Å². The highest BCUT2D eigenvalue weighted by atomic mass is 15.1. The summed E-state index contributed by atoms with van der Waals surface area (Å²) in [5.74, 6) is 0. The Morgan fingerprint density at radius 3 is 1.86 bits per heavy atom. The van der Waals surface area contributed by atoms with Gasteiger partial charge in [0.15, 0.2) is 0 Å². The molecule has 4 aromatic carbocycles. The van der Waals surface area contributed by atoms with E-state index in [-0.39, 0.29) is 10.8 Å². The molecule has 1 aliphatic heterocycles. The lowest BCUT2D eigenvalue weighted by atomic mass is 9.75. The minimum atomic E-state index is -0.154. The highest BCUT2D eigenvalue weighted by molar-refractivity contribution is 5.93. The standard InChI is InChI=1S/C43H45N/c1-9-39-38(37-15-11-13-17-41(37)43(39,7)8)27-34-28-44(35-24-22-33(23-25-35)32-20-18-29(2)19-21-32)31(4)26-30(3)42(5,6)40-16-12-10-14-36(34)40/h10-27H,4,9,28H2,1-3,5-8H3/b30-26+,34-27+. The van der Waals surface area contributed by atoms with E-state index in [4.69, 9.17) is 0 Å². The fraction of sp³-hybridized carbons (Fsp3) is 0.256. The average Bonchev–Trinajstić information content (AvgIpc) is 3.25. The maximum atomic E-state index is 4.65. The monoisotopic (exact) mass is 575 g/mol. The second-order valence-corrected chi connectivity index (χ2v) is 13.6. The van der Waals surface area contributed by atoms with Crippen molar-refractivity contribution in [2.75, 3.05) is 11.4 Å². The van der Waals surface area contributed by atoms with Gasteiger partial charge in [-0.15, -0.1) is 0 Å². The van der Waals surface area contributed by atoms with Crippen LogP contribution < -0.4 is 4.90 Å². The summed E-state index contributed by atoms with van der Waals surface area (Å²) in [5.41, 5.74) is 16.7. The van der Waals surface area contributed by atoms with E-state index in [1.54, 1.807) is 0 Å². The summed E-state index contributed by atoms with van der Waals surface area (Å²) in [5, 5.41) is 0. The maximum Gasteiger partial charge on any atom is 0.0487 e. The number of allylic oxidation sites excluding steroid dienone is 5. The molecule has 2 aliphatic rings. The van der Waals surface area contributed by atoms with Crippen LogP contribution in [-0.4, -0.2) is 6.54 Å². The van der Waals surface area contributed by atoms with Gasteiger partial charge in [-0.3, -0.25) is 0 Å². The van der Waals surface area contributed by atoms with Crippen LogP contribution in [0.15, 0.2) is 133 Å². The number of hydrogen-bond acceptors (Lipinski definition) is 1. The highest BCUT2D eigenvalue weighted by Crippen LogP contribution is 2.49. The van der Waals surface area contributed by atoms with Crippen molar-refractivity contribution in [1.29, 1.82) is 0 Å². The van der Waals surface area contributed by atoms with Crippen LogP contribution in [0, 0.1) is 6.92 Å². The van der Waals surface area contributed by atoms with Crippen molar-refractivity contribution in [3.63, 3.8) is 0 Å². The van der Waals surface area contributed by atoms with Crippen LogP contribution >= 0.6 is 0 Å². The zero-order valence-corrected chi connectivity index (χ0v) is 27.5. The molecule has 4 aromatic rings. The third-order valence-corrected chi connectivity index (χ3v) is 10.2. The summed E-state index contributed by atoms with van der Waals surface area (Å²) in [6.45, 7) is 21.5. The number of nitrogens with zero attached hydrogens (tertiary/aromatic N) is 1. The van der Waals surface area contributed by atoms with Gasteiger partial charge in [0, 0.05) is 28.8 Å². The van der Waals surface area contributed by atoms with Gasteiger partial charge in [0.2, 0.25) is 0 Å². The quantitative estimate of drug-likeness (QED) is 0.234. The Morgan fingerprint density at radius 1 is 0.705 bits per heavy atom. The van der Waals surface area contributed by atoms with E-state index in [0.717, 1.165) is 24.4 Å². The number of anilines is 1. The Labute approximate surface area is 265 Å². The Kier molecular flexibility index (Phi) is 7.62. The van der Waals surface area contributed by atoms with E-state index in [1.165, 1.54) is 61.2 Å². The van der Waals surface area contributed by atoms with Crippen molar-refractivity contribution in [2.45, 2.75) is 65.7 Å². The minimum absolute atomic E-state index is 0.00225. The molecule has 0 saturated heterocycles. The predicted molar refractivity (Wildman–Crippen MR) is 191 cm³/mol. The molecule has 0 unspecified atom stereocenters. The molecule has 0 fully saturated rings. The van der Waals surface area contributed by atoms with Crippen molar-refractivity contribution in [2.24, 2.45) is 0 Å². The lowest BCUT2D eigenvalue weighted by Crippen LogP contribution is -2.23. The van der Waals surface area contributed by atoms with Crippen LogP contribution in [-0.2, 0) is 10.8 Å². The zero-order chi connectivity index (χ0) is 31.2. The molecule has 1 nitrogen and oxygen atoms in total. The molecule has 0 saturated carbocycles. The summed E-state index contributed by atoms with van der Waals surface area (Å²) >= 11 is 0. The van der Waals surface area contributed by atoms with Gasteiger partial charge in [-0.1, -0.05) is 143 Å². The minimum Gasteiger partial charge on any atom is -0.338 e. The molecule has 0 atom stereocenters. The van der Waals surface area contributed by atoms with Crippen molar-refractivity contribution in [1.82, 2.24) is 0 Å². The molecule has 0 aromatic heterocycles. The summed E-state index contributed by atoms with van der Waals surface area (Å²) in [4.78, 5) is 2.39. The number of aryl methyl sites for hydroxylation is 1. The van der Waals surface area contributed by atoms with Gasteiger partial charge in [-0.05, 0) is 89.1 Å². The van der Waals surface area contributed by atoms with Gasteiger partial charge in [-0.2, -0.15) is 0 Å². The van der Waals surface area contributed by atoms with E-state index < -0.39 is 0 Å². The third kappa shape index (κ3) is 5.09. The van der Waals surface area contributed by atoms with Crippen LogP contribution in [0.4, 0.5) is 5.69 Å². The first-order valence-corrected chi connectivity index (χ1v) is 16.0. The summed E-state index contributed by atoms with van der Waals surface area (Å²) in [6.07, 6.45) is 5.81. The Balaban J connectivity index is 1.54. The highest BCUT2D eigenvalue weighted by Gasteiger charge is 2.36. The van der Waals surface area contributed by atoms with Crippen LogP contribution in [0.2, 0.25) is 0 Å². The number of benzene rings is 4. The average molecular weight is 576 g/mol. The van der Waals surface area contributed by atoms with Crippen LogP contribution in [0.5, 0.6) is 0 Å². The van der Waals surface area contributed by atoms with E-state index in [2.05, 4.69) is 169 Å². The number of hydrogen-bond donors (Lipinski definition) is 0. The van der Waals surface area contributed by atoms with Crippen LogP contribution in [0.25, 0.3) is 22.3 Å². The van der Waals surface area contributed by atoms with Crippen molar-refractivity contribution < 1.29 is 0 Å². The molecule has 222 valence electrons. The number of fused-ring (bicyclic) bond motifs is 2. The first kappa shape index (κ1) is 29.7. The third-order valence-electron chi connectivity index (χ3n) is 10.2. The summed E-state index contributed by atoms with van der Waals surface area (Å²) < 4.78 is 0. The normalized spacial score (nSPS) is 19.5. The zero-order valence-electron chi connectivity index (χ0n) is 27.5. The second-order valence-electron chi connectivity index (χ2n) is 13.6. The van der Waals surface area contributed by atoms with E-state index in [9.17, 15) is 0 Å². The lowest BCUT2D eigenvalue weighted by Gasteiger charge is -2.29. The fourth-order valence-corrected chi connectivity index (χ4v) is 7.24. The Bertz CT molecular complexity index is 1820. The predicted octanol–water partition coefficient (Wildman–Crippen LogP) is 11.5. The van der Waals surface area contributed by atoms with E-state index >= 15 is 0 Å². The molecule has 1 heteroatoms. The van der Waals surface area contributed by atoms with Gasteiger partial charge in [-0.25, -0.2) is 0 Å². The topological polar surface area (TPSA) is 3.24 Å². The Morgan fingerprint density at radius 2 is 1.25 bits per heavy atom. The fourth-order valence-electron chi connectivity index (χ4n) is 7.24. The molecule has 6 rings (SSSR count). The molecule has 0 amide bonds. The number of rotatable bonds is 4. The van der Waals surface area contributed by atoms with Crippen LogP contribution in [0.3, 0.4) is 0 Å². The van der Waals surface area contributed by atoms with Gasteiger partial charge in [0.05, 0.1) is 0 Å². The lowest BCUT2D eigenvalue weighted by molar-refractivity contribution is 0.617. The van der Waals surface area contributed by atoms with Gasteiger partial charge >= 0.3 is 0 Å². The van der Waals surface area contributed by atoms with Crippen molar-refractivity contribution >= 4 is 16.8 Å². The molecule has 1 aliphatic carbocycles. The largest absolute Gasteiger partial charge is 0.338 e.